The maximum atomic E-state index is 11.0. The SMILES string of the molecule is CC(C)c1cc(Cl)c(O)c(CS(=O)(=O)Cl)c1. The molecule has 0 atom stereocenters. The van der Waals surface area contributed by atoms with Gasteiger partial charge in [-0.25, -0.2) is 8.42 Å². The minimum absolute atomic E-state index is 0.140. The van der Waals surface area contributed by atoms with E-state index in [1.165, 1.54) is 0 Å². The Balaban J connectivity index is 3.27. The molecule has 16 heavy (non-hydrogen) atoms. The number of phenolic OH excluding ortho intramolecular Hbond substituents is 1. The first-order valence-electron chi connectivity index (χ1n) is 4.64. The number of hydrogen-bond donors (Lipinski definition) is 1. The Morgan fingerprint density at radius 1 is 1.38 bits per heavy atom. The van der Waals surface area contributed by atoms with E-state index in [2.05, 4.69) is 0 Å². The molecule has 0 radical (unpaired) electrons. The van der Waals surface area contributed by atoms with Gasteiger partial charge in [0, 0.05) is 16.2 Å². The predicted molar refractivity (Wildman–Crippen MR) is 65.7 cm³/mol. The fourth-order valence-electron chi connectivity index (χ4n) is 1.31. The molecule has 3 nitrogen and oxygen atoms in total. The quantitative estimate of drug-likeness (QED) is 0.866. The molecule has 0 saturated heterocycles. The molecule has 1 rings (SSSR count). The third-order valence-corrected chi connectivity index (χ3v) is 3.43. The first kappa shape index (κ1) is 13.6. The second-order valence-corrected chi connectivity index (χ2v) is 7.03. The highest BCUT2D eigenvalue weighted by Crippen LogP contribution is 2.33. The summed E-state index contributed by atoms with van der Waals surface area (Å²) in [7, 11) is 1.44. The van der Waals surface area contributed by atoms with Gasteiger partial charge >= 0.3 is 0 Å². The number of benzene rings is 1. The van der Waals surface area contributed by atoms with Gasteiger partial charge in [-0.05, 0) is 17.5 Å². The molecule has 0 spiro atoms. The highest BCUT2D eigenvalue weighted by atomic mass is 35.7. The lowest BCUT2D eigenvalue weighted by Crippen LogP contribution is -1.98. The zero-order valence-electron chi connectivity index (χ0n) is 8.87. The Morgan fingerprint density at radius 3 is 2.38 bits per heavy atom. The smallest absolute Gasteiger partial charge is 0.236 e. The lowest BCUT2D eigenvalue weighted by atomic mass is 10.0. The monoisotopic (exact) mass is 282 g/mol. The van der Waals surface area contributed by atoms with Crippen molar-refractivity contribution in [3.05, 3.63) is 28.3 Å². The molecule has 0 amide bonds. The van der Waals surface area contributed by atoms with Crippen LogP contribution in [0, 0.1) is 0 Å². The van der Waals surface area contributed by atoms with Crippen LogP contribution in [0.15, 0.2) is 12.1 Å². The summed E-state index contributed by atoms with van der Waals surface area (Å²) in [5, 5.41) is 9.75. The van der Waals surface area contributed by atoms with Crippen molar-refractivity contribution in [3.8, 4) is 5.75 Å². The number of aromatic hydroxyl groups is 1. The zero-order chi connectivity index (χ0) is 12.5. The first-order chi connectivity index (χ1) is 7.20. The van der Waals surface area contributed by atoms with Crippen molar-refractivity contribution in [3.63, 3.8) is 0 Å². The molecule has 0 aromatic heterocycles. The molecular formula is C10H12Cl2O3S. The van der Waals surface area contributed by atoms with Crippen LogP contribution in [0.5, 0.6) is 5.75 Å². The molecule has 0 aliphatic heterocycles. The van der Waals surface area contributed by atoms with Crippen molar-refractivity contribution < 1.29 is 13.5 Å². The van der Waals surface area contributed by atoms with Gasteiger partial charge in [0.15, 0.2) is 0 Å². The van der Waals surface area contributed by atoms with Crippen LogP contribution in [0.4, 0.5) is 0 Å². The minimum Gasteiger partial charge on any atom is -0.506 e. The van der Waals surface area contributed by atoms with Crippen molar-refractivity contribution in [2.24, 2.45) is 0 Å². The number of rotatable bonds is 3. The van der Waals surface area contributed by atoms with Crippen molar-refractivity contribution in [1.29, 1.82) is 0 Å². The lowest BCUT2D eigenvalue weighted by molar-refractivity contribution is 0.469. The van der Waals surface area contributed by atoms with Gasteiger partial charge in [0.2, 0.25) is 9.05 Å². The third-order valence-electron chi connectivity index (χ3n) is 2.16. The molecule has 0 unspecified atom stereocenters. The van der Waals surface area contributed by atoms with Crippen molar-refractivity contribution in [2.45, 2.75) is 25.5 Å². The van der Waals surface area contributed by atoms with Gasteiger partial charge in [-0.3, -0.25) is 0 Å². The summed E-state index contributed by atoms with van der Waals surface area (Å²) in [6.45, 7) is 3.89. The van der Waals surface area contributed by atoms with E-state index in [4.69, 9.17) is 22.3 Å². The molecule has 0 saturated carbocycles. The van der Waals surface area contributed by atoms with Crippen LogP contribution in [0.2, 0.25) is 5.02 Å². The molecule has 90 valence electrons. The molecule has 0 bridgehead atoms. The minimum atomic E-state index is -3.71. The van der Waals surface area contributed by atoms with Gasteiger partial charge in [-0.1, -0.05) is 31.5 Å². The van der Waals surface area contributed by atoms with Gasteiger partial charge in [-0.2, -0.15) is 0 Å². The second kappa shape index (κ2) is 4.82. The summed E-state index contributed by atoms with van der Waals surface area (Å²) in [6.07, 6.45) is 0. The van der Waals surface area contributed by atoms with E-state index < -0.39 is 14.8 Å². The van der Waals surface area contributed by atoms with Crippen LogP contribution in [-0.4, -0.2) is 13.5 Å². The third kappa shape index (κ3) is 3.54. The van der Waals surface area contributed by atoms with Gasteiger partial charge in [0.25, 0.3) is 0 Å². The zero-order valence-corrected chi connectivity index (χ0v) is 11.2. The van der Waals surface area contributed by atoms with Crippen molar-refractivity contribution >= 4 is 31.3 Å². The lowest BCUT2D eigenvalue weighted by Gasteiger charge is -2.11. The van der Waals surface area contributed by atoms with Gasteiger partial charge in [-0.15, -0.1) is 0 Å². The Morgan fingerprint density at radius 2 is 1.94 bits per heavy atom. The maximum Gasteiger partial charge on any atom is 0.236 e. The van der Waals surface area contributed by atoms with E-state index in [1.54, 1.807) is 12.1 Å². The maximum absolute atomic E-state index is 11.0. The Labute approximate surface area is 104 Å². The molecule has 6 heteroatoms. The van der Waals surface area contributed by atoms with E-state index in [0.717, 1.165) is 5.56 Å². The van der Waals surface area contributed by atoms with Crippen LogP contribution < -0.4 is 0 Å². The largest absolute Gasteiger partial charge is 0.506 e. The van der Waals surface area contributed by atoms with E-state index in [1.807, 2.05) is 13.8 Å². The van der Waals surface area contributed by atoms with Crippen LogP contribution in [0.25, 0.3) is 0 Å². The predicted octanol–water partition coefficient (Wildman–Crippen LogP) is 3.24. The van der Waals surface area contributed by atoms with Crippen LogP contribution in [0.3, 0.4) is 0 Å². The molecule has 0 aliphatic rings. The highest BCUT2D eigenvalue weighted by molar-refractivity contribution is 8.13. The summed E-state index contributed by atoms with van der Waals surface area (Å²) >= 11 is 5.80. The summed E-state index contributed by atoms with van der Waals surface area (Å²) in [5.41, 5.74) is 1.09. The molecule has 1 aromatic rings. The highest BCUT2D eigenvalue weighted by Gasteiger charge is 2.15. The van der Waals surface area contributed by atoms with Gasteiger partial charge in [0.1, 0.15) is 5.75 Å². The summed E-state index contributed by atoms with van der Waals surface area (Å²) in [5.74, 6) is -0.467. The van der Waals surface area contributed by atoms with E-state index in [-0.39, 0.29) is 22.3 Å². The van der Waals surface area contributed by atoms with Gasteiger partial charge < -0.3 is 5.11 Å². The summed E-state index contributed by atoms with van der Waals surface area (Å²) in [6, 6.07) is 3.22. The molecule has 1 aromatic carbocycles. The number of phenols is 1. The van der Waals surface area contributed by atoms with E-state index in [9.17, 15) is 13.5 Å². The number of halogens is 2. The van der Waals surface area contributed by atoms with E-state index >= 15 is 0 Å². The first-order valence-corrected chi connectivity index (χ1v) is 7.50. The van der Waals surface area contributed by atoms with E-state index in [0.29, 0.717) is 0 Å². The van der Waals surface area contributed by atoms with Crippen LogP contribution >= 0.6 is 22.3 Å². The topological polar surface area (TPSA) is 54.4 Å². The fraction of sp³-hybridized carbons (Fsp3) is 0.400. The fourth-order valence-corrected chi connectivity index (χ4v) is 2.50. The average Bonchev–Trinajstić information content (AvgIpc) is 2.10. The van der Waals surface area contributed by atoms with Crippen molar-refractivity contribution in [1.82, 2.24) is 0 Å². The molecule has 0 fully saturated rings. The Bertz CT molecular complexity index is 495. The van der Waals surface area contributed by atoms with Crippen LogP contribution in [0.1, 0.15) is 30.9 Å². The summed E-state index contributed by atoms with van der Waals surface area (Å²) < 4.78 is 21.9. The number of hydrogen-bond acceptors (Lipinski definition) is 3. The average molecular weight is 283 g/mol. The molecule has 0 heterocycles. The van der Waals surface area contributed by atoms with Crippen LogP contribution in [-0.2, 0) is 14.8 Å². The Hall–Kier alpha value is -0.450. The molecular weight excluding hydrogens is 271 g/mol. The molecule has 0 aliphatic carbocycles. The normalized spacial score (nSPS) is 12.1. The standard InChI is InChI=1S/C10H12Cl2O3S/c1-6(2)7-3-8(5-16(12,14)15)10(13)9(11)4-7/h3-4,6,13H,5H2,1-2H3. The van der Waals surface area contributed by atoms with Gasteiger partial charge in [0.05, 0.1) is 10.8 Å². The second-order valence-electron chi connectivity index (χ2n) is 3.85. The molecule has 1 N–H and O–H groups in total. The van der Waals surface area contributed by atoms with Crippen molar-refractivity contribution in [2.75, 3.05) is 0 Å². The Kier molecular flexibility index (Phi) is 4.10. The summed E-state index contributed by atoms with van der Waals surface area (Å²) in [4.78, 5) is 0.